The smallest absolute Gasteiger partial charge is 0.244 e. The first-order valence-electron chi connectivity index (χ1n) is 6.54. The fourth-order valence-electron chi connectivity index (χ4n) is 2.25. The van der Waals surface area contributed by atoms with Crippen molar-refractivity contribution < 1.29 is 9.90 Å². The van der Waals surface area contributed by atoms with Crippen LogP contribution in [0.1, 0.15) is 25.2 Å². The number of aryl methyl sites for hydroxylation is 1. The van der Waals surface area contributed by atoms with Crippen molar-refractivity contribution in [2.24, 2.45) is 5.92 Å². The molecule has 6 heteroatoms. The van der Waals surface area contributed by atoms with E-state index in [0.717, 1.165) is 11.4 Å². The Morgan fingerprint density at radius 1 is 1.47 bits per heavy atom. The highest BCUT2D eigenvalue weighted by Gasteiger charge is 2.45. The summed E-state index contributed by atoms with van der Waals surface area (Å²) < 4.78 is 1.62. The first-order chi connectivity index (χ1) is 8.74. The summed E-state index contributed by atoms with van der Waals surface area (Å²) in [7, 11) is 0. The summed E-state index contributed by atoms with van der Waals surface area (Å²) in [6.45, 7) is 8.58. The molecular weight excluding hydrogens is 244 g/mol. The van der Waals surface area contributed by atoms with Gasteiger partial charge in [0.2, 0.25) is 5.91 Å². The highest BCUT2D eigenvalue weighted by atomic mass is 16.3. The van der Waals surface area contributed by atoms with Gasteiger partial charge in [-0.25, -0.2) is 0 Å². The van der Waals surface area contributed by atoms with Gasteiger partial charge in [-0.05, 0) is 19.8 Å². The lowest BCUT2D eigenvalue weighted by Gasteiger charge is -2.49. The first-order valence-corrected chi connectivity index (χ1v) is 6.54. The van der Waals surface area contributed by atoms with Gasteiger partial charge in [-0.15, -0.1) is 0 Å². The fourth-order valence-corrected chi connectivity index (χ4v) is 2.25. The molecule has 1 amide bonds. The maximum Gasteiger partial charge on any atom is 0.244 e. The lowest BCUT2D eigenvalue weighted by atomic mass is 9.83. The zero-order valence-corrected chi connectivity index (χ0v) is 12.0. The van der Waals surface area contributed by atoms with Crippen LogP contribution in [0.4, 0.5) is 5.69 Å². The Labute approximate surface area is 113 Å². The number of rotatable bonds is 3. The third-order valence-corrected chi connectivity index (χ3v) is 4.08. The molecule has 2 rings (SSSR count). The number of hydrogen-bond donors (Lipinski definition) is 2. The molecule has 6 nitrogen and oxygen atoms in total. The van der Waals surface area contributed by atoms with Crippen LogP contribution in [0.2, 0.25) is 0 Å². The number of carbonyl (C=O) groups excluding carboxylic acids is 1. The zero-order chi connectivity index (χ0) is 14.4. The summed E-state index contributed by atoms with van der Waals surface area (Å²) in [5.74, 6) is 0.122. The standard InChI is InChI=1S/C13H22N4O2/c1-8(2)13(19)6-16(7-13)11(18)5-17-10(4)12(14)9(3)15-17/h8,19H,5-7,14H2,1-4H3. The van der Waals surface area contributed by atoms with Crippen molar-refractivity contribution in [1.29, 1.82) is 0 Å². The molecule has 0 bridgehead atoms. The Morgan fingerprint density at radius 3 is 2.47 bits per heavy atom. The maximum atomic E-state index is 12.1. The molecule has 3 N–H and O–H groups in total. The maximum absolute atomic E-state index is 12.1. The number of anilines is 1. The first kappa shape index (κ1) is 13.9. The highest BCUT2D eigenvalue weighted by Crippen LogP contribution is 2.28. The van der Waals surface area contributed by atoms with Crippen molar-refractivity contribution in [3.8, 4) is 0 Å². The Bertz CT molecular complexity index is 501. The summed E-state index contributed by atoms with van der Waals surface area (Å²) in [6, 6.07) is 0. The van der Waals surface area contributed by atoms with Crippen LogP contribution in [0.3, 0.4) is 0 Å². The van der Waals surface area contributed by atoms with Gasteiger partial charge in [0.25, 0.3) is 0 Å². The lowest BCUT2D eigenvalue weighted by molar-refractivity contribution is -0.164. The second kappa shape index (κ2) is 4.52. The van der Waals surface area contributed by atoms with Crippen LogP contribution in [0.25, 0.3) is 0 Å². The molecule has 1 saturated heterocycles. The molecule has 106 valence electrons. The largest absolute Gasteiger partial charge is 0.396 e. The van der Waals surface area contributed by atoms with Gasteiger partial charge in [0.1, 0.15) is 12.1 Å². The quantitative estimate of drug-likeness (QED) is 0.824. The van der Waals surface area contributed by atoms with E-state index in [4.69, 9.17) is 5.73 Å². The van der Waals surface area contributed by atoms with Crippen LogP contribution in [0.15, 0.2) is 0 Å². The summed E-state index contributed by atoms with van der Waals surface area (Å²) in [5.41, 5.74) is 7.29. The molecule has 0 aliphatic carbocycles. The van der Waals surface area contributed by atoms with Crippen LogP contribution < -0.4 is 5.73 Å². The minimum atomic E-state index is -0.732. The summed E-state index contributed by atoms with van der Waals surface area (Å²) in [5, 5.41) is 14.4. The third-order valence-electron chi connectivity index (χ3n) is 4.08. The number of nitrogens with zero attached hydrogens (tertiary/aromatic N) is 3. The fraction of sp³-hybridized carbons (Fsp3) is 0.692. The number of likely N-dealkylation sites (tertiary alicyclic amines) is 1. The molecule has 1 fully saturated rings. The van der Waals surface area contributed by atoms with Gasteiger partial charge in [-0.3, -0.25) is 9.48 Å². The van der Waals surface area contributed by atoms with Gasteiger partial charge >= 0.3 is 0 Å². The van der Waals surface area contributed by atoms with E-state index >= 15 is 0 Å². The number of β-amino-alcohol motifs (C(OH)–C–C–N with tert-alkyl or cyclic N) is 1. The van der Waals surface area contributed by atoms with Gasteiger partial charge in [0.15, 0.2) is 0 Å². The van der Waals surface area contributed by atoms with Crippen LogP contribution in [0, 0.1) is 19.8 Å². The van der Waals surface area contributed by atoms with Crippen molar-refractivity contribution in [3.05, 3.63) is 11.4 Å². The normalized spacial score (nSPS) is 17.7. The van der Waals surface area contributed by atoms with Gasteiger partial charge < -0.3 is 15.7 Å². The van der Waals surface area contributed by atoms with E-state index < -0.39 is 5.60 Å². The van der Waals surface area contributed by atoms with Crippen molar-refractivity contribution in [2.45, 2.75) is 39.8 Å². The number of amides is 1. The van der Waals surface area contributed by atoms with Crippen molar-refractivity contribution in [1.82, 2.24) is 14.7 Å². The molecule has 1 aromatic heterocycles. The van der Waals surface area contributed by atoms with E-state index in [9.17, 15) is 9.90 Å². The average molecular weight is 266 g/mol. The second-order valence-electron chi connectivity index (χ2n) is 5.75. The molecular formula is C13H22N4O2. The van der Waals surface area contributed by atoms with E-state index in [1.807, 2.05) is 27.7 Å². The monoisotopic (exact) mass is 266 g/mol. The molecule has 0 atom stereocenters. The molecule has 0 unspecified atom stereocenters. The molecule has 1 aliphatic heterocycles. The third kappa shape index (κ3) is 2.32. The molecule has 0 aromatic carbocycles. The van der Waals surface area contributed by atoms with E-state index in [2.05, 4.69) is 5.10 Å². The summed E-state index contributed by atoms with van der Waals surface area (Å²) in [6.07, 6.45) is 0. The number of carbonyl (C=O) groups is 1. The van der Waals surface area contributed by atoms with Gasteiger partial charge in [-0.2, -0.15) is 5.10 Å². The predicted molar refractivity (Wildman–Crippen MR) is 72.5 cm³/mol. The van der Waals surface area contributed by atoms with Crippen LogP contribution >= 0.6 is 0 Å². The summed E-state index contributed by atoms with van der Waals surface area (Å²) >= 11 is 0. The van der Waals surface area contributed by atoms with Crippen molar-refractivity contribution in [3.63, 3.8) is 0 Å². The average Bonchev–Trinajstić information content (AvgIpc) is 2.52. The molecule has 0 radical (unpaired) electrons. The van der Waals surface area contributed by atoms with E-state index in [0.29, 0.717) is 18.8 Å². The SMILES string of the molecule is Cc1nn(CC(=O)N2CC(O)(C(C)C)C2)c(C)c1N. The van der Waals surface area contributed by atoms with Gasteiger partial charge in [0.05, 0.1) is 30.2 Å². The van der Waals surface area contributed by atoms with Gasteiger partial charge in [0, 0.05) is 0 Å². The van der Waals surface area contributed by atoms with Gasteiger partial charge in [-0.1, -0.05) is 13.8 Å². The van der Waals surface area contributed by atoms with Crippen LogP contribution in [-0.2, 0) is 11.3 Å². The molecule has 2 heterocycles. The molecule has 1 aliphatic rings. The Balaban J connectivity index is 1.98. The number of hydrogen-bond acceptors (Lipinski definition) is 4. The Hall–Kier alpha value is -1.56. The molecule has 0 spiro atoms. The van der Waals surface area contributed by atoms with E-state index in [-0.39, 0.29) is 18.4 Å². The van der Waals surface area contributed by atoms with Crippen LogP contribution in [-0.4, -0.2) is 44.4 Å². The van der Waals surface area contributed by atoms with Crippen LogP contribution in [0.5, 0.6) is 0 Å². The zero-order valence-electron chi connectivity index (χ0n) is 12.0. The number of nitrogen functional groups attached to an aromatic ring is 1. The number of nitrogens with two attached hydrogens (primary N) is 1. The number of aromatic nitrogens is 2. The molecule has 0 saturated carbocycles. The minimum Gasteiger partial charge on any atom is -0.396 e. The Morgan fingerprint density at radius 2 is 2.05 bits per heavy atom. The van der Waals surface area contributed by atoms with Crippen molar-refractivity contribution in [2.75, 3.05) is 18.8 Å². The van der Waals surface area contributed by atoms with E-state index in [1.165, 1.54) is 0 Å². The van der Waals surface area contributed by atoms with E-state index in [1.54, 1.807) is 9.58 Å². The topological polar surface area (TPSA) is 84.4 Å². The predicted octanol–water partition coefficient (Wildman–Crippen LogP) is 0.311. The number of aliphatic hydroxyl groups is 1. The van der Waals surface area contributed by atoms with Crippen molar-refractivity contribution >= 4 is 11.6 Å². The second-order valence-corrected chi connectivity index (χ2v) is 5.75. The molecule has 1 aromatic rings. The summed E-state index contributed by atoms with van der Waals surface area (Å²) in [4.78, 5) is 13.8. The Kier molecular flexibility index (Phi) is 3.30. The lowest BCUT2D eigenvalue weighted by Crippen LogP contribution is -2.66. The highest BCUT2D eigenvalue weighted by molar-refractivity contribution is 5.77. The minimum absolute atomic E-state index is 0.0316. The molecule has 19 heavy (non-hydrogen) atoms.